The first-order valence-corrected chi connectivity index (χ1v) is 5.74. The lowest BCUT2D eigenvalue weighted by atomic mass is 10.3. The first-order valence-electron chi connectivity index (χ1n) is 5.74. The molecule has 0 fully saturated rings. The van der Waals surface area contributed by atoms with Crippen molar-refractivity contribution in [2.75, 3.05) is 0 Å². The highest BCUT2D eigenvalue weighted by Gasteiger charge is 2.05. The molecular weight excluding hydrogens is 212 g/mol. The Balaban J connectivity index is 1.92. The summed E-state index contributed by atoms with van der Waals surface area (Å²) in [5.41, 5.74) is 2.25. The summed E-state index contributed by atoms with van der Waals surface area (Å²) in [6.45, 7) is 3.81. The molecule has 0 atom stereocenters. The van der Waals surface area contributed by atoms with Gasteiger partial charge >= 0.3 is 0 Å². The van der Waals surface area contributed by atoms with Gasteiger partial charge in [-0.2, -0.15) is 5.10 Å². The number of aryl methyl sites for hydroxylation is 3. The van der Waals surface area contributed by atoms with Crippen LogP contribution in [0.2, 0.25) is 0 Å². The maximum Gasteiger partial charge on any atom is 0.106 e. The molecule has 4 nitrogen and oxygen atoms in total. The Hall–Kier alpha value is -2.10. The van der Waals surface area contributed by atoms with Crippen molar-refractivity contribution in [3.63, 3.8) is 0 Å². The summed E-state index contributed by atoms with van der Waals surface area (Å²) < 4.78 is 4.17. The van der Waals surface area contributed by atoms with E-state index < -0.39 is 0 Å². The Kier molecular flexibility index (Phi) is 2.40. The van der Waals surface area contributed by atoms with Gasteiger partial charge in [-0.15, -0.1) is 0 Å². The normalized spacial score (nSPS) is 11.1. The van der Waals surface area contributed by atoms with Crippen molar-refractivity contribution in [2.24, 2.45) is 0 Å². The number of hydrogen-bond acceptors (Lipinski definition) is 2. The Bertz CT molecular complexity index is 622. The van der Waals surface area contributed by atoms with E-state index in [1.165, 1.54) is 5.52 Å². The molecule has 17 heavy (non-hydrogen) atoms. The highest BCUT2D eigenvalue weighted by Crippen LogP contribution is 2.15. The lowest BCUT2D eigenvalue weighted by Gasteiger charge is -2.06. The molecule has 0 saturated heterocycles. The highest BCUT2D eigenvalue weighted by atomic mass is 15.3. The maximum absolute atomic E-state index is 4.55. The second-order valence-corrected chi connectivity index (χ2v) is 4.07. The van der Waals surface area contributed by atoms with Crippen LogP contribution < -0.4 is 0 Å². The minimum absolute atomic E-state index is 0.869. The van der Waals surface area contributed by atoms with Crippen LogP contribution in [-0.4, -0.2) is 19.3 Å². The van der Waals surface area contributed by atoms with Crippen LogP contribution in [0.4, 0.5) is 0 Å². The third-order valence-corrected chi connectivity index (χ3v) is 2.96. The zero-order valence-electron chi connectivity index (χ0n) is 9.74. The van der Waals surface area contributed by atoms with E-state index in [1.54, 1.807) is 6.20 Å². The molecule has 0 saturated carbocycles. The molecule has 0 amide bonds. The number of nitrogens with zero attached hydrogens (tertiary/aromatic N) is 4. The third-order valence-electron chi connectivity index (χ3n) is 2.96. The summed E-state index contributed by atoms with van der Waals surface area (Å²) in [4.78, 5) is 4.55. The molecule has 0 aliphatic carbocycles. The van der Waals surface area contributed by atoms with Crippen LogP contribution in [0.1, 0.15) is 5.82 Å². The average molecular weight is 226 g/mol. The fourth-order valence-corrected chi connectivity index (χ4v) is 2.11. The SMILES string of the molecule is Cc1nc2ccccc2n1CCn1cccn1. The molecule has 2 heterocycles. The Morgan fingerprint density at radius 3 is 2.82 bits per heavy atom. The predicted molar refractivity (Wildman–Crippen MR) is 66.7 cm³/mol. The molecule has 0 radical (unpaired) electrons. The van der Waals surface area contributed by atoms with Crippen molar-refractivity contribution in [2.45, 2.75) is 20.0 Å². The Morgan fingerprint density at radius 1 is 1.12 bits per heavy atom. The minimum Gasteiger partial charge on any atom is -0.326 e. The topological polar surface area (TPSA) is 35.6 Å². The number of para-hydroxylation sites is 2. The van der Waals surface area contributed by atoms with Crippen molar-refractivity contribution < 1.29 is 0 Å². The number of hydrogen-bond donors (Lipinski definition) is 0. The molecule has 0 bridgehead atoms. The van der Waals surface area contributed by atoms with Crippen LogP contribution in [0.5, 0.6) is 0 Å². The largest absolute Gasteiger partial charge is 0.326 e. The fraction of sp³-hybridized carbons (Fsp3) is 0.231. The minimum atomic E-state index is 0.869. The number of fused-ring (bicyclic) bond motifs is 1. The maximum atomic E-state index is 4.55. The van der Waals surface area contributed by atoms with Crippen molar-refractivity contribution in [1.82, 2.24) is 19.3 Å². The third kappa shape index (κ3) is 1.82. The van der Waals surface area contributed by atoms with Gasteiger partial charge in [0.15, 0.2) is 0 Å². The van der Waals surface area contributed by atoms with Gasteiger partial charge in [0, 0.05) is 18.9 Å². The Morgan fingerprint density at radius 2 is 2.00 bits per heavy atom. The standard InChI is InChI=1S/C13H14N4/c1-11-15-12-5-2-3-6-13(12)17(11)10-9-16-8-4-7-14-16/h2-8H,9-10H2,1H3. The first kappa shape index (κ1) is 10.1. The van der Waals surface area contributed by atoms with Crippen LogP contribution in [0.3, 0.4) is 0 Å². The van der Waals surface area contributed by atoms with Gasteiger partial charge in [-0.05, 0) is 25.1 Å². The van der Waals surface area contributed by atoms with Crippen LogP contribution in [-0.2, 0) is 13.1 Å². The Labute approximate surface area is 99.5 Å². The van der Waals surface area contributed by atoms with Gasteiger partial charge in [0.25, 0.3) is 0 Å². The molecule has 3 aromatic rings. The average Bonchev–Trinajstić information content (AvgIpc) is 2.93. The summed E-state index contributed by atoms with van der Waals surface area (Å²) in [5.74, 6) is 1.05. The summed E-state index contributed by atoms with van der Waals surface area (Å²) in [7, 11) is 0. The van der Waals surface area contributed by atoms with E-state index in [9.17, 15) is 0 Å². The molecule has 0 unspecified atom stereocenters. The fourth-order valence-electron chi connectivity index (χ4n) is 2.11. The van der Waals surface area contributed by atoms with E-state index >= 15 is 0 Å². The van der Waals surface area contributed by atoms with E-state index in [-0.39, 0.29) is 0 Å². The van der Waals surface area contributed by atoms with Crippen LogP contribution in [0.25, 0.3) is 11.0 Å². The van der Waals surface area contributed by atoms with Gasteiger partial charge in [0.1, 0.15) is 5.82 Å². The molecule has 0 aliphatic rings. The second kappa shape index (κ2) is 4.05. The second-order valence-electron chi connectivity index (χ2n) is 4.07. The summed E-state index contributed by atoms with van der Waals surface area (Å²) in [6.07, 6.45) is 3.79. The summed E-state index contributed by atoms with van der Waals surface area (Å²) in [5, 5.41) is 4.21. The van der Waals surface area contributed by atoms with E-state index in [4.69, 9.17) is 0 Å². The van der Waals surface area contributed by atoms with Gasteiger partial charge in [-0.3, -0.25) is 4.68 Å². The first-order chi connectivity index (χ1) is 8.34. The van der Waals surface area contributed by atoms with Crippen LogP contribution in [0.15, 0.2) is 42.7 Å². The lowest BCUT2D eigenvalue weighted by molar-refractivity contribution is 0.534. The number of rotatable bonds is 3. The summed E-state index contributed by atoms with van der Waals surface area (Å²) >= 11 is 0. The number of benzene rings is 1. The van der Waals surface area contributed by atoms with Crippen molar-refractivity contribution in [1.29, 1.82) is 0 Å². The molecule has 86 valence electrons. The van der Waals surface area contributed by atoms with Crippen molar-refractivity contribution in [3.8, 4) is 0 Å². The number of imidazole rings is 1. The molecule has 2 aromatic heterocycles. The van der Waals surface area contributed by atoms with E-state index in [2.05, 4.69) is 20.7 Å². The predicted octanol–water partition coefficient (Wildman–Crippen LogP) is 2.24. The molecule has 3 rings (SSSR count). The molecule has 4 heteroatoms. The zero-order valence-corrected chi connectivity index (χ0v) is 9.74. The molecule has 0 spiro atoms. The molecule has 0 aliphatic heterocycles. The monoisotopic (exact) mass is 226 g/mol. The highest BCUT2D eigenvalue weighted by molar-refractivity contribution is 5.75. The number of aromatic nitrogens is 4. The van der Waals surface area contributed by atoms with E-state index in [0.29, 0.717) is 0 Å². The van der Waals surface area contributed by atoms with Crippen molar-refractivity contribution in [3.05, 3.63) is 48.5 Å². The van der Waals surface area contributed by atoms with Gasteiger partial charge in [0.05, 0.1) is 17.6 Å². The molecular formula is C13H14N4. The zero-order chi connectivity index (χ0) is 11.7. The smallest absolute Gasteiger partial charge is 0.106 e. The van der Waals surface area contributed by atoms with Gasteiger partial charge < -0.3 is 4.57 Å². The summed E-state index contributed by atoms with van der Waals surface area (Å²) in [6, 6.07) is 10.2. The van der Waals surface area contributed by atoms with Crippen LogP contribution in [0, 0.1) is 6.92 Å². The van der Waals surface area contributed by atoms with Crippen LogP contribution >= 0.6 is 0 Å². The van der Waals surface area contributed by atoms with Gasteiger partial charge in [-0.25, -0.2) is 4.98 Å². The van der Waals surface area contributed by atoms with Gasteiger partial charge in [-0.1, -0.05) is 12.1 Å². The quantitative estimate of drug-likeness (QED) is 0.686. The van der Waals surface area contributed by atoms with E-state index in [0.717, 1.165) is 24.4 Å². The lowest BCUT2D eigenvalue weighted by Crippen LogP contribution is -2.08. The molecule has 0 N–H and O–H groups in total. The van der Waals surface area contributed by atoms with Gasteiger partial charge in [0.2, 0.25) is 0 Å². The molecule has 1 aromatic carbocycles. The van der Waals surface area contributed by atoms with E-state index in [1.807, 2.05) is 42.1 Å². The van der Waals surface area contributed by atoms with Crippen molar-refractivity contribution >= 4 is 11.0 Å².